The van der Waals surface area contributed by atoms with Gasteiger partial charge >= 0.3 is 5.97 Å². The van der Waals surface area contributed by atoms with E-state index < -0.39 is 5.97 Å². The molecule has 2 aromatic rings. The summed E-state index contributed by atoms with van der Waals surface area (Å²) in [6, 6.07) is 11.0. The number of benzene rings is 2. The molecule has 30 heavy (non-hydrogen) atoms. The molecule has 0 atom stereocenters. The Morgan fingerprint density at radius 2 is 1.80 bits per heavy atom. The molecular formula is C22H21NO6S. The quantitative estimate of drug-likeness (QED) is 0.453. The Morgan fingerprint density at radius 1 is 1.07 bits per heavy atom. The number of carbonyl (C=O) groups is 1. The number of aromatic hydroxyl groups is 2. The second-order valence-corrected chi connectivity index (χ2v) is 7.17. The number of phenols is 2. The monoisotopic (exact) mass is 427 g/mol. The van der Waals surface area contributed by atoms with Crippen LogP contribution < -0.4 is 4.74 Å². The lowest BCUT2D eigenvalue weighted by Crippen LogP contribution is -2.12. The van der Waals surface area contributed by atoms with Gasteiger partial charge in [-0.2, -0.15) is 0 Å². The molecule has 0 saturated carbocycles. The number of thioether (sulfide) groups is 1. The number of aliphatic hydroxyl groups is 1. The number of rotatable bonds is 6. The highest BCUT2D eigenvalue weighted by molar-refractivity contribution is 8.18. The first-order valence-corrected chi connectivity index (χ1v) is 10.1. The summed E-state index contributed by atoms with van der Waals surface area (Å²) in [5.74, 6) is -0.422. The van der Waals surface area contributed by atoms with Gasteiger partial charge in [0.05, 0.1) is 23.8 Å². The van der Waals surface area contributed by atoms with E-state index in [1.807, 2.05) is 6.92 Å². The van der Waals surface area contributed by atoms with Crippen molar-refractivity contribution >= 4 is 34.5 Å². The van der Waals surface area contributed by atoms with Crippen LogP contribution in [0, 0.1) is 0 Å². The van der Waals surface area contributed by atoms with Crippen LogP contribution in [0.25, 0.3) is 6.08 Å². The van der Waals surface area contributed by atoms with Crippen LogP contribution >= 0.6 is 11.8 Å². The Balaban J connectivity index is 2.01. The number of esters is 1. The molecule has 2 aromatic carbocycles. The summed E-state index contributed by atoms with van der Waals surface area (Å²) < 4.78 is 10.5. The highest BCUT2D eigenvalue weighted by Crippen LogP contribution is 2.41. The lowest BCUT2D eigenvalue weighted by atomic mass is 10.1. The van der Waals surface area contributed by atoms with Crippen molar-refractivity contribution in [1.82, 2.24) is 0 Å². The van der Waals surface area contributed by atoms with E-state index in [1.165, 1.54) is 24.3 Å². The standard InChI is InChI=1S/C22H21NO6S/c1-3-28-16-8-5-14(6-9-16)23-21-19(22(27)29-4-2)20(26)18(30-21)12-13-11-15(24)7-10-17(13)25/h5-12,24-26H,3-4H2,1-2H3/b18-12+,23-21?. The first-order chi connectivity index (χ1) is 14.4. The van der Waals surface area contributed by atoms with Gasteiger partial charge in [-0.05, 0) is 62.4 Å². The molecule has 0 spiro atoms. The van der Waals surface area contributed by atoms with E-state index >= 15 is 0 Å². The van der Waals surface area contributed by atoms with Gasteiger partial charge in [0.1, 0.15) is 33.6 Å². The number of phenolic OH excluding ortho intramolecular Hbond substituents is 2. The van der Waals surface area contributed by atoms with Crippen molar-refractivity contribution < 1.29 is 29.6 Å². The Labute approximate surface area is 178 Å². The summed E-state index contributed by atoms with van der Waals surface area (Å²) in [7, 11) is 0. The minimum Gasteiger partial charge on any atom is -0.508 e. The van der Waals surface area contributed by atoms with Crippen molar-refractivity contribution in [3.05, 3.63) is 64.3 Å². The van der Waals surface area contributed by atoms with Crippen molar-refractivity contribution in [2.75, 3.05) is 13.2 Å². The minimum atomic E-state index is -0.698. The molecule has 156 valence electrons. The van der Waals surface area contributed by atoms with Crippen LogP contribution in [0.5, 0.6) is 17.2 Å². The molecule has 1 heterocycles. The van der Waals surface area contributed by atoms with E-state index in [4.69, 9.17) is 9.47 Å². The first kappa shape index (κ1) is 21.3. The van der Waals surface area contributed by atoms with E-state index in [9.17, 15) is 20.1 Å². The van der Waals surface area contributed by atoms with Gasteiger partial charge in [-0.1, -0.05) is 11.8 Å². The molecule has 1 aliphatic heterocycles. The molecule has 0 saturated heterocycles. The fourth-order valence-corrected chi connectivity index (χ4v) is 3.72. The SMILES string of the molecule is CCOC(=O)C1=C(O)/C(=C\c2cc(O)ccc2O)SC1=Nc1ccc(OCC)cc1. The van der Waals surface area contributed by atoms with E-state index in [2.05, 4.69) is 4.99 Å². The normalized spacial score (nSPS) is 16.3. The predicted molar refractivity (Wildman–Crippen MR) is 116 cm³/mol. The summed E-state index contributed by atoms with van der Waals surface area (Å²) in [4.78, 5) is 17.2. The molecule has 3 N–H and O–H groups in total. The van der Waals surface area contributed by atoms with Crippen LogP contribution in [0.3, 0.4) is 0 Å². The molecule has 0 aliphatic carbocycles. The minimum absolute atomic E-state index is 0.0417. The van der Waals surface area contributed by atoms with Crippen molar-refractivity contribution in [1.29, 1.82) is 0 Å². The number of aliphatic imine (C=N–C) groups is 1. The number of carbonyl (C=O) groups excluding carboxylic acids is 1. The lowest BCUT2D eigenvalue weighted by molar-refractivity contribution is -0.138. The van der Waals surface area contributed by atoms with Crippen LogP contribution in [0.1, 0.15) is 19.4 Å². The maximum atomic E-state index is 12.4. The van der Waals surface area contributed by atoms with Gasteiger partial charge in [-0.15, -0.1) is 0 Å². The Morgan fingerprint density at radius 3 is 2.47 bits per heavy atom. The van der Waals surface area contributed by atoms with E-state index in [0.717, 1.165) is 11.8 Å². The van der Waals surface area contributed by atoms with Crippen molar-refractivity contribution in [2.24, 2.45) is 4.99 Å². The van der Waals surface area contributed by atoms with Gasteiger partial charge in [0.25, 0.3) is 0 Å². The van der Waals surface area contributed by atoms with Gasteiger partial charge in [0.15, 0.2) is 0 Å². The van der Waals surface area contributed by atoms with Crippen LogP contribution in [0.2, 0.25) is 0 Å². The number of ether oxygens (including phenoxy) is 2. The molecule has 0 radical (unpaired) electrons. The van der Waals surface area contributed by atoms with E-state index in [-0.39, 0.29) is 40.0 Å². The zero-order chi connectivity index (χ0) is 21.7. The first-order valence-electron chi connectivity index (χ1n) is 9.27. The molecule has 3 rings (SSSR count). The maximum absolute atomic E-state index is 12.4. The Bertz CT molecular complexity index is 1040. The smallest absolute Gasteiger partial charge is 0.344 e. The summed E-state index contributed by atoms with van der Waals surface area (Å²) in [6.45, 7) is 4.25. The van der Waals surface area contributed by atoms with Gasteiger partial charge < -0.3 is 24.8 Å². The molecule has 0 amide bonds. The van der Waals surface area contributed by atoms with Crippen molar-refractivity contribution in [3.8, 4) is 17.2 Å². The average molecular weight is 427 g/mol. The highest BCUT2D eigenvalue weighted by atomic mass is 32.2. The Kier molecular flexibility index (Phi) is 6.68. The molecule has 0 bridgehead atoms. The average Bonchev–Trinajstić information content (AvgIpc) is 3.01. The van der Waals surface area contributed by atoms with Crippen molar-refractivity contribution in [3.63, 3.8) is 0 Å². The summed E-state index contributed by atoms with van der Waals surface area (Å²) in [5, 5.41) is 30.6. The third-order valence-electron chi connectivity index (χ3n) is 4.05. The highest BCUT2D eigenvalue weighted by Gasteiger charge is 2.33. The molecule has 0 fully saturated rings. The van der Waals surface area contributed by atoms with Crippen LogP contribution in [0.4, 0.5) is 5.69 Å². The lowest BCUT2D eigenvalue weighted by Gasteiger charge is -2.05. The van der Waals surface area contributed by atoms with Gasteiger partial charge in [-0.3, -0.25) is 0 Å². The molecule has 8 heteroatoms. The van der Waals surface area contributed by atoms with E-state index in [1.54, 1.807) is 31.2 Å². The summed E-state index contributed by atoms with van der Waals surface area (Å²) in [6.07, 6.45) is 1.47. The van der Waals surface area contributed by atoms with Crippen LogP contribution in [0.15, 0.2) is 63.7 Å². The summed E-state index contributed by atoms with van der Waals surface area (Å²) in [5.41, 5.74) is 0.799. The number of hydrogen-bond donors (Lipinski definition) is 3. The third-order valence-corrected chi connectivity index (χ3v) is 5.07. The number of aliphatic hydroxyl groups excluding tert-OH is 1. The summed E-state index contributed by atoms with van der Waals surface area (Å²) >= 11 is 1.06. The molecule has 7 nitrogen and oxygen atoms in total. The molecule has 1 aliphatic rings. The molecule has 0 unspecified atom stereocenters. The van der Waals surface area contributed by atoms with E-state index in [0.29, 0.717) is 22.9 Å². The fourth-order valence-electron chi connectivity index (χ4n) is 2.69. The topological polar surface area (TPSA) is 109 Å². The second kappa shape index (κ2) is 9.41. The third kappa shape index (κ3) is 4.77. The van der Waals surface area contributed by atoms with Crippen LogP contribution in [-0.4, -0.2) is 39.5 Å². The number of hydrogen-bond acceptors (Lipinski definition) is 8. The second-order valence-electron chi connectivity index (χ2n) is 6.14. The number of nitrogens with zero attached hydrogens (tertiary/aromatic N) is 1. The molecular weight excluding hydrogens is 406 g/mol. The Hall–Kier alpha value is -3.39. The zero-order valence-corrected chi connectivity index (χ0v) is 17.3. The molecule has 0 aromatic heterocycles. The van der Waals surface area contributed by atoms with Crippen LogP contribution in [-0.2, 0) is 9.53 Å². The van der Waals surface area contributed by atoms with Crippen molar-refractivity contribution in [2.45, 2.75) is 13.8 Å². The predicted octanol–water partition coefficient (Wildman–Crippen LogP) is 4.69. The van der Waals surface area contributed by atoms with Gasteiger partial charge in [0, 0.05) is 5.56 Å². The fraction of sp³-hybridized carbons (Fsp3) is 0.182. The largest absolute Gasteiger partial charge is 0.508 e. The van der Waals surface area contributed by atoms with Gasteiger partial charge in [0.2, 0.25) is 0 Å². The van der Waals surface area contributed by atoms with Gasteiger partial charge in [-0.25, -0.2) is 9.79 Å². The zero-order valence-electron chi connectivity index (χ0n) is 16.5. The maximum Gasteiger partial charge on any atom is 0.344 e.